The third-order valence-corrected chi connectivity index (χ3v) is 5.48. The van der Waals surface area contributed by atoms with Crippen molar-refractivity contribution in [1.29, 1.82) is 0 Å². The normalized spacial score (nSPS) is 41.2. The molecular formula is C15H20N2O. The Morgan fingerprint density at radius 3 is 2.28 bits per heavy atom. The lowest BCUT2D eigenvalue weighted by Gasteiger charge is -2.56. The Bertz CT molecular complexity index is 428. The van der Waals surface area contributed by atoms with Gasteiger partial charge in [-0.05, 0) is 61.7 Å². The molecule has 96 valence electrons. The highest BCUT2D eigenvalue weighted by molar-refractivity contribution is 5.79. The quantitative estimate of drug-likeness (QED) is 0.801. The van der Waals surface area contributed by atoms with Gasteiger partial charge in [-0.2, -0.15) is 0 Å². The molecule has 0 saturated heterocycles. The van der Waals surface area contributed by atoms with Gasteiger partial charge in [0.1, 0.15) is 6.33 Å². The van der Waals surface area contributed by atoms with Gasteiger partial charge in [-0.15, -0.1) is 0 Å². The Morgan fingerprint density at radius 1 is 1.17 bits per heavy atom. The van der Waals surface area contributed by atoms with Crippen LogP contribution in [-0.4, -0.2) is 15.5 Å². The Balaban J connectivity index is 1.56. The number of carbonyl (C=O) groups is 1. The number of imidazole rings is 1. The lowest BCUT2D eigenvalue weighted by Crippen LogP contribution is -2.47. The van der Waals surface area contributed by atoms with Gasteiger partial charge in [0.2, 0.25) is 5.91 Å². The second kappa shape index (κ2) is 3.69. The van der Waals surface area contributed by atoms with Crippen LogP contribution in [0.5, 0.6) is 0 Å². The molecule has 4 aliphatic rings. The minimum Gasteiger partial charge on any atom is -0.276 e. The van der Waals surface area contributed by atoms with Gasteiger partial charge in [0.15, 0.2) is 0 Å². The molecule has 0 radical (unpaired) electrons. The van der Waals surface area contributed by atoms with Crippen LogP contribution in [0, 0.1) is 23.2 Å². The summed E-state index contributed by atoms with van der Waals surface area (Å²) in [5.74, 6) is 3.01. The zero-order valence-electron chi connectivity index (χ0n) is 10.7. The highest BCUT2D eigenvalue weighted by atomic mass is 16.2. The van der Waals surface area contributed by atoms with E-state index < -0.39 is 0 Å². The van der Waals surface area contributed by atoms with Crippen LogP contribution in [0.4, 0.5) is 0 Å². The van der Waals surface area contributed by atoms with E-state index in [1.54, 1.807) is 23.3 Å². The molecule has 0 atom stereocenters. The fourth-order valence-corrected chi connectivity index (χ4v) is 5.33. The summed E-state index contributed by atoms with van der Waals surface area (Å²) in [4.78, 5) is 16.3. The number of rotatable bonds is 2. The molecule has 0 aliphatic heterocycles. The van der Waals surface area contributed by atoms with E-state index in [0.29, 0.717) is 5.41 Å². The first-order chi connectivity index (χ1) is 8.72. The van der Waals surface area contributed by atoms with Crippen molar-refractivity contribution in [1.82, 2.24) is 9.55 Å². The molecule has 4 aliphatic carbocycles. The maximum atomic E-state index is 12.3. The predicted octanol–water partition coefficient (Wildman–Crippen LogP) is 3.13. The Kier molecular flexibility index (Phi) is 2.21. The molecule has 3 nitrogen and oxygen atoms in total. The van der Waals surface area contributed by atoms with E-state index in [0.717, 1.165) is 24.2 Å². The van der Waals surface area contributed by atoms with E-state index >= 15 is 0 Å². The standard InChI is InChI=1S/C15H20N2O/c18-14(17-2-1-16-10-17)9-15-6-11-3-12(7-15)5-13(4-11)8-15/h1-2,10-13H,3-9H2. The molecule has 4 bridgehead atoms. The van der Waals surface area contributed by atoms with Crippen molar-refractivity contribution in [3.8, 4) is 0 Å². The van der Waals surface area contributed by atoms with Crippen LogP contribution in [0.2, 0.25) is 0 Å². The van der Waals surface area contributed by atoms with Crippen molar-refractivity contribution >= 4 is 5.91 Å². The van der Waals surface area contributed by atoms with Crippen molar-refractivity contribution in [2.24, 2.45) is 23.2 Å². The van der Waals surface area contributed by atoms with Crippen molar-refractivity contribution in [3.05, 3.63) is 18.7 Å². The van der Waals surface area contributed by atoms with Gasteiger partial charge in [0.25, 0.3) is 0 Å². The molecule has 5 rings (SSSR count). The average Bonchev–Trinajstić information content (AvgIpc) is 2.79. The van der Waals surface area contributed by atoms with Crippen molar-refractivity contribution in [2.45, 2.75) is 44.9 Å². The summed E-state index contributed by atoms with van der Waals surface area (Å²) in [6.45, 7) is 0. The molecule has 3 heteroatoms. The van der Waals surface area contributed by atoms with Crippen LogP contribution < -0.4 is 0 Å². The monoisotopic (exact) mass is 244 g/mol. The van der Waals surface area contributed by atoms with E-state index in [2.05, 4.69) is 4.98 Å². The smallest absolute Gasteiger partial charge is 0.232 e. The van der Waals surface area contributed by atoms with Gasteiger partial charge < -0.3 is 0 Å². The second-order valence-electron chi connectivity index (χ2n) is 6.96. The van der Waals surface area contributed by atoms with E-state index in [1.165, 1.54) is 38.5 Å². The van der Waals surface area contributed by atoms with Crippen molar-refractivity contribution in [2.75, 3.05) is 0 Å². The Morgan fingerprint density at radius 2 is 1.78 bits per heavy atom. The molecule has 0 amide bonds. The van der Waals surface area contributed by atoms with Crippen LogP contribution in [0.15, 0.2) is 18.7 Å². The first-order valence-electron chi connectivity index (χ1n) is 7.24. The van der Waals surface area contributed by atoms with Gasteiger partial charge in [-0.1, -0.05) is 0 Å². The van der Waals surface area contributed by atoms with Gasteiger partial charge in [0, 0.05) is 18.8 Å². The topological polar surface area (TPSA) is 34.9 Å². The molecule has 4 saturated carbocycles. The van der Waals surface area contributed by atoms with Crippen LogP contribution in [0.1, 0.15) is 49.7 Å². The van der Waals surface area contributed by atoms with Crippen molar-refractivity contribution < 1.29 is 4.79 Å². The highest BCUT2D eigenvalue weighted by Crippen LogP contribution is 2.61. The molecular weight excluding hydrogens is 224 g/mol. The second-order valence-corrected chi connectivity index (χ2v) is 6.96. The molecule has 1 heterocycles. The Labute approximate surface area is 108 Å². The summed E-state index contributed by atoms with van der Waals surface area (Å²) < 4.78 is 1.67. The van der Waals surface area contributed by atoms with Gasteiger partial charge >= 0.3 is 0 Å². The maximum Gasteiger partial charge on any atom is 0.232 e. The van der Waals surface area contributed by atoms with Gasteiger partial charge in [-0.25, -0.2) is 4.98 Å². The minimum atomic E-state index is 0.245. The molecule has 0 spiro atoms. The fourth-order valence-electron chi connectivity index (χ4n) is 5.33. The van der Waals surface area contributed by atoms with E-state index in [-0.39, 0.29) is 5.91 Å². The molecule has 0 N–H and O–H groups in total. The van der Waals surface area contributed by atoms with Crippen LogP contribution in [0.3, 0.4) is 0 Å². The first kappa shape index (κ1) is 10.8. The van der Waals surface area contributed by atoms with E-state index in [4.69, 9.17) is 0 Å². The molecule has 18 heavy (non-hydrogen) atoms. The summed E-state index contributed by atoms with van der Waals surface area (Å²) >= 11 is 0. The highest BCUT2D eigenvalue weighted by Gasteiger charge is 2.51. The molecule has 4 fully saturated rings. The number of carbonyl (C=O) groups excluding carboxylic acids is 1. The summed E-state index contributed by atoms with van der Waals surface area (Å²) in [5.41, 5.74) is 0.343. The lowest BCUT2D eigenvalue weighted by atomic mass is 9.49. The summed E-state index contributed by atoms with van der Waals surface area (Å²) in [6.07, 6.45) is 14.1. The summed E-state index contributed by atoms with van der Waals surface area (Å²) in [6, 6.07) is 0. The molecule has 0 unspecified atom stereocenters. The van der Waals surface area contributed by atoms with Gasteiger partial charge in [-0.3, -0.25) is 9.36 Å². The third-order valence-electron chi connectivity index (χ3n) is 5.48. The first-order valence-corrected chi connectivity index (χ1v) is 7.24. The third kappa shape index (κ3) is 1.63. The van der Waals surface area contributed by atoms with Crippen LogP contribution >= 0.6 is 0 Å². The van der Waals surface area contributed by atoms with Gasteiger partial charge in [0.05, 0.1) is 0 Å². The number of hydrogen-bond donors (Lipinski definition) is 0. The zero-order chi connectivity index (χ0) is 12.2. The largest absolute Gasteiger partial charge is 0.276 e. The number of hydrogen-bond acceptors (Lipinski definition) is 2. The Hall–Kier alpha value is -1.12. The predicted molar refractivity (Wildman–Crippen MR) is 68.1 cm³/mol. The zero-order valence-corrected chi connectivity index (χ0v) is 10.7. The molecule has 1 aromatic rings. The minimum absolute atomic E-state index is 0.245. The van der Waals surface area contributed by atoms with Crippen LogP contribution in [0.25, 0.3) is 0 Å². The number of nitrogens with zero attached hydrogens (tertiary/aromatic N) is 2. The number of aromatic nitrogens is 2. The summed E-state index contributed by atoms with van der Waals surface area (Å²) in [5, 5.41) is 0. The SMILES string of the molecule is O=C(CC12CC3CC(CC(C3)C1)C2)n1ccnc1. The molecule has 1 aromatic heterocycles. The summed E-state index contributed by atoms with van der Waals surface area (Å²) in [7, 11) is 0. The molecule has 0 aromatic carbocycles. The van der Waals surface area contributed by atoms with Crippen LogP contribution in [-0.2, 0) is 0 Å². The van der Waals surface area contributed by atoms with Crippen molar-refractivity contribution in [3.63, 3.8) is 0 Å². The fraction of sp³-hybridized carbons (Fsp3) is 0.733. The average molecular weight is 244 g/mol. The maximum absolute atomic E-state index is 12.3. The lowest BCUT2D eigenvalue weighted by molar-refractivity contribution is -0.0534. The van der Waals surface area contributed by atoms with E-state index in [1.807, 2.05) is 0 Å². The van der Waals surface area contributed by atoms with E-state index in [9.17, 15) is 4.79 Å².